The third-order valence-corrected chi connectivity index (χ3v) is 3.01. The first-order valence-electron chi connectivity index (χ1n) is 5.68. The Bertz CT molecular complexity index is 403. The topological polar surface area (TPSA) is 46.3 Å². The molecule has 1 unspecified atom stereocenters. The minimum absolute atomic E-state index is 0.0455. The summed E-state index contributed by atoms with van der Waals surface area (Å²) in [6.07, 6.45) is 0.893. The summed E-state index contributed by atoms with van der Waals surface area (Å²) in [6, 6.07) is 1.87. The molecule has 0 bridgehead atoms. The van der Waals surface area contributed by atoms with Crippen LogP contribution in [0.1, 0.15) is 39.8 Å². The molecular formula is C12H18N2O2. The maximum Gasteiger partial charge on any atom is 0.234 e. The minimum atomic E-state index is -0.0455. The van der Waals surface area contributed by atoms with E-state index >= 15 is 0 Å². The number of carbonyl (C=O) groups is 1. The van der Waals surface area contributed by atoms with Crippen LogP contribution < -0.4 is 4.90 Å². The van der Waals surface area contributed by atoms with Crippen LogP contribution in [-0.2, 0) is 10.2 Å². The molecule has 1 amide bonds. The predicted molar refractivity (Wildman–Crippen MR) is 61.3 cm³/mol. The second kappa shape index (κ2) is 3.61. The van der Waals surface area contributed by atoms with Gasteiger partial charge in [0.15, 0.2) is 0 Å². The van der Waals surface area contributed by atoms with Gasteiger partial charge in [0.1, 0.15) is 0 Å². The number of carbonyl (C=O) groups excluding carboxylic acids is 1. The molecule has 0 spiro atoms. The van der Waals surface area contributed by atoms with Crippen molar-refractivity contribution >= 4 is 11.8 Å². The Morgan fingerprint density at radius 1 is 1.50 bits per heavy atom. The Hall–Kier alpha value is -1.32. The van der Waals surface area contributed by atoms with Gasteiger partial charge in [0, 0.05) is 23.9 Å². The van der Waals surface area contributed by atoms with Crippen LogP contribution in [0, 0.1) is 5.92 Å². The fraction of sp³-hybridized carbons (Fsp3) is 0.667. The van der Waals surface area contributed by atoms with Crippen molar-refractivity contribution in [1.29, 1.82) is 0 Å². The fourth-order valence-electron chi connectivity index (χ4n) is 1.79. The molecule has 4 nitrogen and oxygen atoms in total. The first kappa shape index (κ1) is 11.2. The lowest BCUT2D eigenvalue weighted by Gasteiger charge is -2.13. The molecule has 1 fully saturated rings. The summed E-state index contributed by atoms with van der Waals surface area (Å²) < 4.78 is 5.25. The predicted octanol–water partition coefficient (Wildman–Crippen LogP) is 2.34. The molecular weight excluding hydrogens is 204 g/mol. The van der Waals surface area contributed by atoms with Crippen LogP contribution in [0.25, 0.3) is 0 Å². The lowest BCUT2D eigenvalue weighted by molar-refractivity contribution is -0.120. The SMILES string of the molecule is CC1CCN(c2cc(C(C)(C)C)no2)C1=O. The first-order chi connectivity index (χ1) is 7.39. The molecule has 1 aliphatic heterocycles. The van der Waals surface area contributed by atoms with Crippen molar-refractivity contribution in [2.24, 2.45) is 5.92 Å². The van der Waals surface area contributed by atoms with E-state index in [0.717, 1.165) is 18.7 Å². The molecule has 0 aliphatic carbocycles. The van der Waals surface area contributed by atoms with E-state index in [4.69, 9.17) is 4.52 Å². The van der Waals surface area contributed by atoms with E-state index in [1.807, 2.05) is 13.0 Å². The highest BCUT2D eigenvalue weighted by atomic mass is 16.5. The van der Waals surface area contributed by atoms with E-state index in [2.05, 4.69) is 25.9 Å². The van der Waals surface area contributed by atoms with Gasteiger partial charge < -0.3 is 4.52 Å². The van der Waals surface area contributed by atoms with E-state index in [1.54, 1.807) is 4.90 Å². The molecule has 1 atom stereocenters. The Kier molecular flexibility index (Phi) is 2.52. The van der Waals surface area contributed by atoms with Gasteiger partial charge in [-0.3, -0.25) is 9.69 Å². The number of hydrogen-bond acceptors (Lipinski definition) is 3. The summed E-state index contributed by atoms with van der Waals surface area (Å²) >= 11 is 0. The van der Waals surface area contributed by atoms with Crippen LogP contribution in [0.5, 0.6) is 0 Å². The van der Waals surface area contributed by atoms with Crippen LogP contribution in [-0.4, -0.2) is 17.6 Å². The average molecular weight is 222 g/mol. The van der Waals surface area contributed by atoms with Crippen LogP contribution in [0.4, 0.5) is 5.88 Å². The normalized spacial score (nSPS) is 21.9. The quantitative estimate of drug-likeness (QED) is 0.732. The molecule has 2 heterocycles. The third-order valence-electron chi connectivity index (χ3n) is 3.01. The molecule has 1 aromatic rings. The van der Waals surface area contributed by atoms with Crippen LogP contribution >= 0.6 is 0 Å². The molecule has 2 rings (SSSR count). The maximum atomic E-state index is 11.8. The molecule has 0 saturated carbocycles. The van der Waals surface area contributed by atoms with Gasteiger partial charge in [-0.2, -0.15) is 0 Å². The van der Waals surface area contributed by atoms with Crippen molar-refractivity contribution in [2.75, 3.05) is 11.4 Å². The number of rotatable bonds is 1. The summed E-state index contributed by atoms with van der Waals surface area (Å²) in [5, 5.41) is 4.02. The fourth-order valence-corrected chi connectivity index (χ4v) is 1.79. The number of anilines is 1. The summed E-state index contributed by atoms with van der Waals surface area (Å²) in [5.41, 5.74) is 0.839. The summed E-state index contributed by atoms with van der Waals surface area (Å²) in [4.78, 5) is 13.5. The van der Waals surface area contributed by atoms with Crippen molar-refractivity contribution in [2.45, 2.75) is 39.5 Å². The highest BCUT2D eigenvalue weighted by molar-refractivity contribution is 5.95. The van der Waals surface area contributed by atoms with E-state index in [0.29, 0.717) is 5.88 Å². The van der Waals surface area contributed by atoms with Gasteiger partial charge in [-0.05, 0) is 6.42 Å². The van der Waals surface area contributed by atoms with Crippen molar-refractivity contribution in [3.63, 3.8) is 0 Å². The molecule has 1 aliphatic rings. The molecule has 4 heteroatoms. The molecule has 1 aromatic heterocycles. The van der Waals surface area contributed by atoms with E-state index < -0.39 is 0 Å². The summed E-state index contributed by atoms with van der Waals surface area (Å²) in [7, 11) is 0. The van der Waals surface area contributed by atoms with Gasteiger partial charge in [0.2, 0.25) is 11.8 Å². The van der Waals surface area contributed by atoms with Gasteiger partial charge in [-0.1, -0.05) is 32.9 Å². The first-order valence-corrected chi connectivity index (χ1v) is 5.68. The van der Waals surface area contributed by atoms with E-state index in [-0.39, 0.29) is 17.2 Å². The second-order valence-corrected chi connectivity index (χ2v) is 5.48. The van der Waals surface area contributed by atoms with E-state index in [9.17, 15) is 4.79 Å². The van der Waals surface area contributed by atoms with Gasteiger partial charge in [-0.25, -0.2) is 0 Å². The van der Waals surface area contributed by atoms with Crippen molar-refractivity contribution in [1.82, 2.24) is 5.16 Å². The third kappa shape index (κ3) is 1.84. The number of hydrogen-bond donors (Lipinski definition) is 0. The van der Waals surface area contributed by atoms with Crippen LogP contribution in [0.15, 0.2) is 10.6 Å². The maximum absolute atomic E-state index is 11.8. The Balaban J connectivity index is 2.23. The Morgan fingerprint density at radius 3 is 2.62 bits per heavy atom. The average Bonchev–Trinajstić information content (AvgIpc) is 2.74. The Labute approximate surface area is 95.6 Å². The van der Waals surface area contributed by atoms with Crippen molar-refractivity contribution in [3.8, 4) is 0 Å². The minimum Gasteiger partial charge on any atom is -0.338 e. The summed E-state index contributed by atoms with van der Waals surface area (Å²) in [6.45, 7) is 8.90. The van der Waals surface area contributed by atoms with Gasteiger partial charge in [0.25, 0.3) is 0 Å². The number of nitrogens with zero attached hydrogens (tertiary/aromatic N) is 2. The highest BCUT2D eigenvalue weighted by Gasteiger charge is 2.32. The Morgan fingerprint density at radius 2 is 2.19 bits per heavy atom. The van der Waals surface area contributed by atoms with Crippen LogP contribution in [0.2, 0.25) is 0 Å². The van der Waals surface area contributed by atoms with Gasteiger partial charge in [0.05, 0.1) is 5.69 Å². The van der Waals surface area contributed by atoms with Crippen molar-refractivity contribution in [3.05, 3.63) is 11.8 Å². The lowest BCUT2D eigenvalue weighted by atomic mass is 9.92. The molecule has 1 saturated heterocycles. The lowest BCUT2D eigenvalue weighted by Crippen LogP contribution is -2.25. The number of amides is 1. The zero-order valence-corrected chi connectivity index (χ0v) is 10.3. The largest absolute Gasteiger partial charge is 0.338 e. The molecule has 88 valence electrons. The monoisotopic (exact) mass is 222 g/mol. The molecule has 0 aromatic carbocycles. The van der Waals surface area contributed by atoms with Crippen LogP contribution in [0.3, 0.4) is 0 Å². The summed E-state index contributed by atoms with van der Waals surface area (Å²) in [5.74, 6) is 0.819. The number of aromatic nitrogens is 1. The molecule has 0 N–H and O–H groups in total. The highest BCUT2D eigenvalue weighted by Crippen LogP contribution is 2.29. The van der Waals surface area contributed by atoms with Gasteiger partial charge in [-0.15, -0.1) is 0 Å². The van der Waals surface area contributed by atoms with E-state index in [1.165, 1.54) is 0 Å². The second-order valence-electron chi connectivity index (χ2n) is 5.48. The smallest absolute Gasteiger partial charge is 0.234 e. The van der Waals surface area contributed by atoms with Gasteiger partial charge >= 0.3 is 0 Å². The zero-order chi connectivity index (χ0) is 11.9. The van der Waals surface area contributed by atoms with Crippen molar-refractivity contribution < 1.29 is 9.32 Å². The molecule has 16 heavy (non-hydrogen) atoms. The standard InChI is InChI=1S/C12H18N2O2/c1-8-5-6-14(11(8)15)10-7-9(13-16-10)12(2,3)4/h7-8H,5-6H2,1-4H3. The zero-order valence-electron chi connectivity index (χ0n) is 10.3. The molecule has 0 radical (unpaired) electrons.